The fourth-order valence-corrected chi connectivity index (χ4v) is 2.10. The van der Waals surface area contributed by atoms with Gasteiger partial charge in [0, 0.05) is 24.8 Å². The van der Waals surface area contributed by atoms with E-state index in [1.165, 1.54) is 19.3 Å². The van der Waals surface area contributed by atoms with E-state index in [4.69, 9.17) is 0 Å². The first-order valence-corrected chi connectivity index (χ1v) is 6.27. The number of carbonyl (C=O) groups excluding carboxylic acids is 1. The van der Waals surface area contributed by atoms with Gasteiger partial charge in [0.2, 0.25) is 0 Å². The third kappa shape index (κ3) is 2.78. The molecule has 17 heavy (non-hydrogen) atoms. The summed E-state index contributed by atoms with van der Waals surface area (Å²) in [5, 5.41) is 6.10. The van der Waals surface area contributed by atoms with E-state index in [9.17, 15) is 4.79 Å². The number of carbonyl (C=O) groups is 1. The molecule has 0 bridgehead atoms. The molecule has 0 heterocycles. The molecule has 1 amide bonds. The van der Waals surface area contributed by atoms with Gasteiger partial charge in [0.15, 0.2) is 0 Å². The van der Waals surface area contributed by atoms with Gasteiger partial charge >= 0.3 is 0 Å². The first-order chi connectivity index (χ1) is 8.20. The molecule has 1 aliphatic carbocycles. The van der Waals surface area contributed by atoms with Crippen LogP contribution in [0.25, 0.3) is 0 Å². The number of nitrogens with one attached hydrogen (secondary N) is 2. The quantitative estimate of drug-likeness (QED) is 0.837. The average Bonchev–Trinajstić information content (AvgIpc) is 2.28. The minimum atomic E-state index is -0.0290. The predicted molar refractivity (Wildman–Crippen MR) is 70.4 cm³/mol. The van der Waals surface area contributed by atoms with Crippen LogP contribution in [0.5, 0.6) is 0 Å². The third-order valence-electron chi connectivity index (χ3n) is 3.52. The lowest BCUT2D eigenvalue weighted by Crippen LogP contribution is -2.21. The summed E-state index contributed by atoms with van der Waals surface area (Å²) in [6, 6.07) is 5.80. The van der Waals surface area contributed by atoms with Crippen LogP contribution in [0.1, 0.15) is 35.2 Å². The highest BCUT2D eigenvalue weighted by Gasteiger charge is 2.17. The molecule has 1 aromatic carbocycles. The van der Waals surface area contributed by atoms with Crippen molar-refractivity contribution in [3.8, 4) is 0 Å². The number of hydrogen-bond donors (Lipinski definition) is 2. The van der Waals surface area contributed by atoms with Crippen LogP contribution in [-0.4, -0.2) is 19.5 Å². The highest BCUT2D eigenvalue weighted by Crippen LogP contribution is 2.27. The fourth-order valence-electron chi connectivity index (χ4n) is 2.10. The Bertz CT molecular complexity index is 411. The maximum atomic E-state index is 11.5. The Morgan fingerprint density at radius 2 is 2.18 bits per heavy atom. The normalized spacial score (nSPS) is 15.2. The van der Waals surface area contributed by atoms with E-state index in [0.717, 1.165) is 29.3 Å². The van der Waals surface area contributed by atoms with Gasteiger partial charge in [-0.25, -0.2) is 0 Å². The van der Waals surface area contributed by atoms with E-state index in [2.05, 4.69) is 10.6 Å². The minimum absolute atomic E-state index is 0.0290. The molecule has 1 saturated carbocycles. The molecule has 1 aromatic rings. The smallest absolute Gasteiger partial charge is 0.251 e. The van der Waals surface area contributed by atoms with Gasteiger partial charge in [-0.3, -0.25) is 4.79 Å². The molecule has 3 heteroatoms. The van der Waals surface area contributed by atoms with E-state index in [1.807, 2.05) is 25.1 Å². The van der Waals surface area contributed by atoms with Crippen molar-refractivity contribution in [1.82, 2.24) is 5.32 Å². The molecular formula is C14H20N2O. The van der Waals surface area contributed by atoms with E-state index in [1.54, 1.807) is 7.05 Å². The zero-order chi connectivity index (χ0) is 12.3. The largest absolute Gasteiger partial charge is 0.385 e. The average molecular weight is 232 g/mol. The molecule has 0 spiro atoms. The van der Waals surface area contributed by atoms with Gasteiger partial charge in [0.1, 0.15) is 0 Å². The lowest BCUT2D eigenvalue weighted by atomic mass is 9.85. The fraction of sp³-hybridized carbons (Fsp3) is 0.500. The van der Waals surface area contributed by atoms with Crippen molar-refractivity contribution >= 4 is 11.6 Å². The van der Waals surface area contributed by atoms with Crippen LogP contribution in [-0.2, 0) is 0 Å². The Labute approximate surface area is 103 Å². The van der Waals surface area contributed by atoms with Gasteiger partial charge in [0.25, 0.3) is 5.91 Å². The van der Waals surface area contributed by atoms with Gasteiger partial charge in [-0.1, -0.05) is 6.42 Å². The van der Waals surface area contributed by atoms with Gasteiger partial charge in [-0.2, -0.15) is 0 Å². The van der Waals surface area contributed by atoms with E-state index in [-0.39, 0.29) is 5.91 Å². The summed E-state index contributed by atoms with van der Waals surface area (Å²) in [6.07, 6.45) is 4.08. The molecule has 0 saturated heterocycles. The van der Waals surface area contributed by atoms with Crippen LogP contribution in [0.4, 0.5) is 5.69 Å². The number of amides is 1. The molecule has 2 rings (SSSR count). The Hall–Kier alpha value is -1.51. The lowest BCUT2D eigenvalue weighted by molar-refractivity contribution is 0.0963. The first-order valence-electron chi connectivity index (χ1n) is 6.27. The summed E-state index contributed by atoms with van der Waals surface area (Å²) in [5.41, 5.74) is 2.99. The summed E-state index contributed by atoms with van der Waals surface area (Å²) >= 11 is 0. The Morgan fingerprint density at radius 1 is 1.41 bits per heavy atom. The second-order valence-corrected chi connectivity index (χ2v) is 4.79. The zero-order valence-corrected chi connectivity index (χ0v) is 10.5. The maximum absolute atomic E-state index is 11.5. The van der Waals surface area contributed by atoms with Crippen molar-refractivity contribution in [3.63, 3.8) is 0 Å². The maximum Gasteiger partial charge on any atom is 0.251 e. The zero-order valence-electron chi connectivity index (χ0n) is 10.5. The molecular weight excluding hydrogens is 212 g/mol. The van der Waals surface area contributed by atoms with Crippen molar-refractivity contribution in [2.45, 2.75) is 26.2 Å². The predicted octanol–water partition coefficient (Wildman–Crippen LogP) is 2.57. The highest BCUT2D eigenvalue weighted by molar-refractivity contribution is 5.94. The van der Waals surface area contributed by atoms with E-state index >= 15 is 0 Å². The highest BCUT2D eigenvalue weighted by atomic mass is 16.1. The molecule has 92 valence electrons. The van der Waals surface area contributed by atoms with Crippen LogP contribution in [0.3, 0.4) is 0 Å². The number of rotatable bonds is 4. The summed E-state index contributed by atoms with van der Waals surface area (Å²) in [7, 11) is 1.65. The minimum Gasteiger partial charge on any atom is -0.385 e. The summed E-state index contributed by atoms with van der Waals surface area (Å²) in [5.74, 6) is 0.812. The number of hydrogen-bond acceptors (Lipinski definition) is 2. The topological polar surface area (TPSA) is 41.1 Å². The van der Waals surface area contributed by atoms with Gasteiger partial charge in [-0.05, 0) is 49.4 Å². The lowest BCUT2D eigenvalue weighted by Gasteiger charge is -2.26. The van der Waals surface area contributed by atoms with Crippen molar-refractivity contribution < 1.29 is 4.79 Å². The summed E-state index contributed by atoms with van der Waals surface area (Å²) in [6.45, 7) is 3.09. The van der Waals surface area contributed by atoms with Gasteiger partial charge in [0.05, 0.1) is 0 Å². The van der Waals surface area contributed by atoms with Crippen LogP contribution in [0, 0.1) is 12.8 Å². The van der Waals surface area contributed by atoms with Crippen molar-refractivity contribution in [1.29, 1.82) is 0 Å². The van der Waals surface area contributed by atoms with Gasteiger partial charge in [-0.15, -0.1) is 0 Å². The second kappa shape index (κ2) is 5.21. The van der Waals surface area contributed by atoms with Crippen molar-refractivity contribution in [3.05, 3.63) is 29.3 Å². The molecule has 0 radical (unpaired) electrons. The molecule has 0 aromatic heterocycles. The molecule has 1 aliphatic rings. The standard InChI is InChI=1S/C14H20N2O/c1-10-8-12(14(17)15-2)6-7-13(10)16-9-11-4-3-5-11/h6-8,11,16H,3-5,9H2,1-2H3,(H,15,17). The summed E-state index contributed by atoms with van der Waals surface area (Å²) < 4.78 is 0. The Balaban J connectivity index is 2.00. The monoisotopic (exact) mass is 232 g/mol. The Kier molecular flexibility index (Phi) is 3.67. The molecule has 0 atom stereocenters. The number of anilines is 1. The van der Waals surface area contributed by atoms with Crippen LogP contribution < -0.4 is 10.6 Å². The third-order valence-corrected chi connectivity index (χ3v) is 3.52. The van der Waals surface area contributed by atoms with Crippen molar-refractivity contribution in [2.75, 3.05) is 18.9 Å². The molecule has 3 nitrogen and oxygen atoms in total. The SMILES string of the molecule is CNC(=O)c1ccc(NCC2CCC2)c(C)c1. The van der Waals surface area contributed by atoms with Crippen molar-refractivity contribution in [2.24, 2.45) is 5.92 Å². The van der Waals surface area contributed by atoms with Gasteiger partial charge < -0.3 is 10.6 Å². The molecule has 1 fully saturated rings. The summed E-state index contributed by atoms with van der Waals surface area (Å²) in [4.78, 5) is 11.5. The van der Waals surface area contributed by atoms with E-state index in [0.29, 0.717) is 0 Å². The van der Waals surface area contributed by atoms with E-state index < -0.39 is 0 Å². The molecule has 2 N–H and O–H groups in total. The first kappa shape index (κ1) is 12.0. The number of benzene rings is 1. The molecule has 0 aliphatic heterocycles. The van der Waals surface area contributed by atoms with Crippen LogP contribution in [0.2, 0.25) is 0 Å². The second-order valence-electron chi connectivity index (χ2n) is 4.79. The van der Waals surface area contributed by atoms with Crippen LogP contribution >= 0.6 is 0 Å². The number of aryl methyl sites for hydroxylation is 1. The molecule has 0 unspecified atom stereocenters. The van der Waals surface area contributed by atoms with Crippen LogP contribution in [0.15, 0.2) is 18.2 Å². The Morgan fingerprint density at radius 3 is 2.71 bits per heavy atom.